The predicted molar refractivity (Wildman–Crippen MR) is 166 cm³/mol. The summed E-state index contributed by atoms with van der Waals surface area (Å²) in [4.78, 5) is 13.7. The first-order valence-electron chi connectivity index (χ1n) is 14.9. The number of hydrogen-bond acceptors (Lipinski definition) is 3. The zero-order valence-corrected chi connectivity index (χ0v) is 24.8. The zero-order valence-electron chi connectivity index (χ0n) is 24.8. The number of rotatable bonds is 11. The van der Waals surface area contributed by atoms with E-state index < -0.39 is 17.6 Å². The first kappa shape index (κ1) is 30.6. The molecule has 1 fully saturated rings. The molecule has 0 spiro atoms. The zero-order chi connectivity index (χ0) is 30.7. The number of nitrogens with zero attached hydrogens (tertiary/aromatic N) is 1. The molecule has 1 aliphatic rings. The average Bonchev–Trinajstić information content (AvgIpc) is 3.73. The van der Waals surface area contributed by atoms with Crippen molar-refractivity contribution in [1.82, 2.24) is 9.88 Å². The standard InChI is InChI=1S/C35H39F3N4O/c1-4-31-30(35(36,37)38)19-32(42(31)29-10-5-7-24(17-29)20-39)34(43)41-28-9-6-8-27(18-28)33(40-21-23-11-12-23)26-15-13-25(14-16-26)22(2)3/h5-10,13-19,22-23,33,40H,4,11-12,20-21,39H2,1-3H3,(H,41,43). The quantitative estimate of drug-likeness (QED) is 0.166. The van der Waals surface area contributed by atoms with E-state index in [4.69, 9.17) is 5.73 Å². The van der Waals surface area contributed by atoms with E-state index in [9.17, 15) is 18.0 Å². The van der Waals surface area contributed by atoms with E-state index in [1.54, 1.807) is 37.3 Å². The molecular weight excluding hydrogens is 549 g/mol. The minimum Gasteiger partial charge on any atom is -0.326 e. The van der Waals surface area contributed by atoms with E-state index in [0.717, 1.165) is 29.3 Å². The van der Waals surface area contributed by atoms with Gasteiger partial charge in [0.05, 0.1) is 11.6 Å². The van der Waals surface area contributed by atoms with Crippen molar-refractivity contribution >= 4 is 11.6 Å². The van der Waals surface area contributed by atoms with Crippen LogP contribution in [0.3, 0.4) is 0 Å². The highest BCUT2D eigenvalue weighted by Crippen LogP contribution is 2.37. The summed E-state index contributed by atoms with van der Waals surface area (Å²) in [6.45, 7) is 7.10. The predicted octanol–water partition coefficient (Wildman–Crippen LogP) is 7.98. The van der Waals surface area contributed by atoms with Crippen molar-refractivity contribution in [3.05, 3.63) is 118 Å². The molecule has 1 heterocycles. The third-order valence-corrected chi connectivity index (χ3v) is 8.10. The smallest absolute Gasteiger partial charge is 0.326 e. The van der Waals surface area contributed by atoms with E-state index in [1.807, 2.05) is 18.2 Å². The van der Waals surface area contributed by atoms with E-state index in [2.05, 4.69) is 48.7 Å². The maximum Gasteiger partial charge on any atom is 0.418 e. The van der Waals surface area contributed by atoms with Crippen molar-refractivity contribution in [2.75, 3.05) is 11.9 Å². The average molecular weight is 589 g/mol. The molecule has 0 aliphatic heterocycles. The molecule has 1 amide bonds. The third-order valence-electron chi connectivity index (χ3n) is 8.10. The summed E-state index contributed by atoms with van der Waals surface area (Å²) in [7, 11) is 0. The number of carbonyl (C=O) groups is 1. The molecule has 1 aromatic heterocycles. The van der Waals surface area contributed by atoms with Crippen LogP contribution >= 0.6 is 0 Å². The number of alkyl halides is 3. The number of nitrogens with one attached hydrogen (secondary N) is 2. The molecule has 0 bridgehead atoms. The summed E-state index contributed by atoms with van der Waals surface area (Å²) in [6.07, 6.45) is -2.08. The van der Waals surface area contributed by atoms with Crippen molar-refractivity contribution in [2.45, 2.75) is 64.7 Å². The van der Waals surface area contributed by atoms with E-state index in [0.29, 0.717) is 23.2 Å². The van der Waals surface area contributed by atoms with Gasteiger partial charge in [-0.3, -0.25) is 4.79 Å². The van der Waals surface area contributed by atoms with E-state index in [1.165, 1.54) is 23.0 Å². The van der Waals surface area contributed by atoms with Gasteiger partial charge < -0.3 is 20.9 Å². The Balaban J connectivity index is 1.49. The van der Waals surface area contributed by atoms with Crippen molar-refractivity contribution in [2.24, 2.45) is 11.7 Å². The van der Waals surface area contributed by atoms with Crippen LogP contribution in [0.15, 0.2) is 78.9 Å². The number of anilines is 1. The molecule has 4 aromatic rings. The first-order chi connectivity index (χ1) is 20.6. The lowest BCUT2D eigenvalue weighted by molar-refractivity contribution is -0.138. The minimum absolute atomic E-state index is 0.0229. The lowest BCUT2D eigenvalue weighted by atomic mass is 9.95. The van der Waals surface area contributed by atoms with Crippen LogP contribution in [0.25, 0.3) is 5.69 Å². The van der Waals surface area contributed by atoms with Crippen LogP contribution in [0.2, 0.25) is 0 Å². The fourth-order valence-corrected chi connectivity index (χ4v) is 5.53. The SMILES string of the molecule is CCc1c(C(F)(F)F)cc(C(=O)Nc2cccc(C(NCC3CC3)c3ccc(C(C)C)cc3)c2)n1-c1cccc(CN)c1. The van der Waals surface area contributed by atoms with Gasteiger partial charge in [0.25, 0.3) is 5.91 Å². The topological polar surface area (TPSA) is 72.1 Å². The second-order valence-corrected chi connectivity index (χ2v) is 11.6. The molecule has 5 nitrogen and oxygen atoms in total. The first-order valence-corrected chi connectivity index (χ1v) is 14.9. The summed E-state index contributed by atoms with van der Waals surface area (Å²) >= 11 is 0. The lowest BCUT2D eigenvalue weighted by Gasteiger charge is -2.21. The number of amides is 1. The Morgan fingerprint density at radius 1 is 0.953 bits per heavy atom. The highest BCUT2D eigenvalue weighted by atomic mass is 19.4. The molecule has 3 aromatic carbocycles. The normalized spacial score (nSPS) is 14.2. The number of nitrogens with two attached hydrogens (primary N) is 1. The number of benzene rings is 3. The summed E-state index contributed by atoms with van der Waals surface area (Å²) in [5, 5.41) is 6.58. The van der Waals surface area contributed by atoms with Crippen molar-refractivity contribution in [3.63, 3.8) is 0 Å². The largest absolute Gasteiger partial charge is 0.418 e. The Bertz CT molecular complexity index is 1570. The highest BCUT2D eigenvalue weighted by molar-refractivity contribution is 6.04. The van der Waals surface area contributed by atoms with Crippen molar-refractivity contribution < 1.29 is 18.0 Å². The van der Waals surface area contributed by atoms with Gasteiger partial charge in [0.15, 0.2) is 0 Å². The van der Waals surface area contributed by atoms with Gasteiger partial charge >= 0.3 is 6.18 Å². The van der Waals surface area contributed by atoms with E-state index in [-0.39, 0.29) is 30.4 Å². The second-order valence-electron chi connectivity index (χ2n) is 11.6. The molecule has 1 unspecified atom stereocenters. The van der Waals surface area contributed by atoms with Gasteiger partial charge in [0.1, 0.15) is 5.69 Å². The third kappa shape index (κ3) is 7.03. The molecule has 8 heteroatoms. The number of hydrogen-bond donors (Lipinski definition) is 3. The second kappa shape index (κ2) is 12.8. The maximum absolute atomic E-state index is 14.1. The molecule has 5 rings (SSSR count). The van der Waals surface area contributed by atoms with Crippen LogP contribution in [-0.4, -0.2) is 17.0 Å². The van der Waals surface area contributed by atoms with Gasteiger partial charge in [-0.15, -0.1) is 0 Å². The fourth-order valence-electron chi connectivity index (χ4n) is 5.53. The number of halogens is 3. The van der Waals surface area contributed by atoms with Crippen molar-refractivity contribution in [3.8, 4) is 5.69 Å². The Hall–Kier alpha value is -3.88. The Morgan fingerprint density at radius 2 is 1.65 bits per heavy atom. The maximum atomic E-state index is 14.1. The molecule has 1 saturated carbocycles. The van der Waals surface area contributed by atoms with Gasteiger partial charge in [0, 0.05) is 23.6 Å². The monoisotopic (exact) mass is 588 g/mol. The summed E-state index contributed by atoms with van der Waals surface area (Å²) in [5.74, 6) is 0.471. The van der Waals surface area contributed by atoms with Gasteiger partial charge in [-0.2, -0.15) is 13.2 Å². The molecule has 43 heavy (non-hydrogen) atoms. The fraction of sp³-hybridized carbons (Fsp3) is 0.343. The van der Waals surface area contributed by atoms with Gasteiger partial charge in [0.2, 0.25) is 0 Å². The van der Waals surface area contributed by atoms with Gasteiger partial charge in [-0.05, 0) is 90.2 Å². The molecule has 1 aliphatic carbocycles. The molecule has 0 radical (unpaired) electrons. The Kier molecular flexibility index (Phi) is 9.08. The van der Waals surface area contributed by atoms with Crippen LogP contribution in [0, 0.1) is 5.92 Å². The van der Waals surface area contributed by atoms with E-state index >= 15 is 0 Å². The molecule has 1 atom stereocenters. The molecule has 226 valence electrons. The van der Waals surface area contributed by atoms with Crippen LogP contribution in [0.4, 0.5) is 18.9 Å². The van der Waals surface area contributed by atoms with Gasteiger partial charge in [-0.1, -0.05) is 69.3 Å². The van der Waals surface area contributed by atoms with Gasteiger partial charge in [-0.25, -0.2) is 0 Å². The summed E-state index contributed by atoms with van der Waals surface area (Å²) < 4.78 is 43.7. The Labute approximate surface area is 251 Å². The summed E-state index contributed by atoms with van der Waals surface area (Å²) in [6, 6.07) is 23.9. The van der Waals surface area contributed by atoms with Crippen LogP contribution in [-0.2, 0) is 19.1 Å². The van der Waals surface area contributed by atoms with Crippen LogP contribution < -0.4 is 16.4 Å². The molecule has 0 saturated heterocycles. The minimum atomic E-state index is -4.61. The summed E-state index contributed by atoms with van der Waals surface area (Å²) in [5.41, 5.74) is 10.00. The Morgan fingerprint density at radius 3 is 2.28 bits per heavy atom. The van der Waals surface area contributed by atoms with Crippen molar-refractivity contribution in [1.29, 1.82) is 0 Å². The number of aromatic nitrogens is 1. The molecule has 4 N–H and O–H groups in total. The van der Waals surface area contributed by atoms with Crippen LogP contribution in [0.5, 0.6) is 0 Å². The molecular formula is C35H39F3N4O. The lowest BCUT2D eigenvalue weighted by Crippen LogP contribution is -2.25. The number of carbonyl (C=O) groups excluding carboxylic acids is 1. The highest BCUT2D eigenvalue weighted by Gasteiger charge is 2.37. The van der Waals surface area contributed by atoms with Crippen LogP contribution in [0.1, 0.15) is 89.6 Å².